The summed E-state index contributed by atoms with van der Waals surface area (Å²) in [6.07, 6.45) is 6.78. The first-order valence-electron chi connectivity index (χ1n) is 9.62. The Kier molecular flexibility index (Phi) is 5.21. The van der Waals surface area contributed by atoms with Gasteiger partial charge in [-0.3, -0.25) is 14.4 Å². The Morgan fingerprint density at radius 3 is 2.79 bits per heavy atom. The number of thiophene rings is 1. The van der Waals surface area contributed by atoms with Crippen molar-refractivity contribution in [3.8, 4) is 0 Å². The van der Waals surface area contributed by atoms with Gasteiger partial charge in [0, 0.05) is 18.0 Å². The Morgan fingerprint density at radius 2 is 2.04 bits per heavy atom. The lowest BCUT2D eigenvalue weighted by Gasteiger charge is -2.31. The van der Waals surface area contributed by atoms with Crippen LogP contribution in [0.4, 0.5) is 5.00 Å². The van der Waals surface area contributed by atoms with E-state index in [1.807, 2.05) is 0 Å². The number of hydrogen-bond donors (Lipinski definition) is 2. The summed E-state index contributed by atoms with van der Waals surface area (Å²) < 4.78 is 5.19. The number of anilines is 1. The molecule has 1 saturated heterocycles. The maximum Gasteiger partial charge on any atom is 0.289 e. The van der Waals surface area contributed by atoms with Crippen LogP contribution in [0.5, 0.6) is 0 Å². The van der Waals surface area contributed by atoms with Gasteiger partial charge in [0.15, 0.2) is 5.76 Å². The predicted molar refractivity (Wildman–Crippen MR) is 105 cm³/mol. The van der Waals surface area contributed by atoms with E-state index in [-0.39, 0.29) is 23.5 Å². The third-order valence-corrected chi connectivity index (χ3v) is 6.67. The van der Waals surface area contributed by atoms with Crippen molar-refractivity contribution in [2.24, 2.45) is 11.7 Å². The summed E-state index contributed by atoms with van der Waals surface area (Å²) in [6, 6.07) is 3.30. The standard InChI is InChI=1S/C20H23N3O4S/c21-17(24)16-13-6-1-2-8-15(13)28-19(16)22-18(25)12-5-3-9-23(11-12)20(26)14-7-4-10-27-14/h4,7,10,12H,1-3,5-6,8-9,11H2,(H2,21,24)(H,22,25)/t12-/m1/s1. The van der Waals surface area contributed by atoms with E-state index in [0.29, 0.717) is 30.1 Å². The van der Waals surface area contributed by atoms with Crippen LogP contribution >= 0.6 is 11.3 Å². The van der Waals surface area contributed by atoms with Gasteiger partial charge in [0.2, 0.25) is 5.91 Å². The Balaban J connectivity index is 1.49. The van der Waals surface area contributed by atoms with E-state index in [2.05, 4.69) is 5.32 Å². The molecule has 2 aromatic heterocycles. The van der Waals surface area contributed by atoms with Gasteiger partial charge in [-0.25, -0.2) is 0 Å². The summed E-state index contributed by atoms with van der Waals surface area (Å²) in [4.78, 5) is 40.2. The summed E-state index contributed by atoms with van der Waals surface area (Å²) in [6.45, 7) is 0.936. The van der Waals surface area contributed by atoms with Gasteiger partial charge in [-0.1, -0.05) is 0 Å². The number of nitrogens with two attached hydrogens (primary N) is 1. The molecule has 8 heteroatoms. The molecule has 148 valence electrons. The topological polar surface area (TPSA) is 106 Å². The van der Waals surface area contributed by atoms with Gasteiger partial charge in [0.25, 0.3) is 11.8 Å². The Hall–Kier alpha value is -2.61. The fourth-order valence-corrected chi connectivity index (χ4v) is 5.36. The number of amides is 3. The lowest BCUT2D eigenvalue weighted by molar-refractivity contribution is -0.121. The van der Waals surface area contributed by atoms with Crippen molar-refractivity contribution in [2.45, 2.75) is 38.5 Å². The van der Waals surface area contributed by atoms with Crippen molar-refractivity contribution in [2.75, 3.05) is 18.4 Å². The van der Waals surface area contributed by atoms with Gasteiger partial charge >= 0.3 is 0 Å². The molecule has 1 atom stereocenters. The van der Waals surface area contributed by atoms with Crippen LogP contribution in [0.1, 0.15) is 57.0 Å². The number of primary amides is 1. The minimum atomic E-state index is -0.493. The second-order valence-electron chi connectivity index (χ2n) is 7.34. The number of aryl methyl sites for hydroxylation is 1. The molecule has 2 aromatic rings. The second-order valence-corrected chi connectivity index (χ2v) is 8.44. The molecule has 2 aliphatic rings. The smallest absolute Gasteiger partial charge is 0.289 e. The molecule has 0 radical (unpaired) electrons. The number of piperidine rings is 1. The summed E-state index contributed by atoms with van der Waals surface area (Å²) in [5, 5.41) is 3.48. The van der Waals surface area contributed by atoms with Gasteiger partial charge in [0.1, 0.15) is 5.00 Å². The zero-order valence-electron chi connectivity index (χ0n) is 15.5. The van der Waals surface area contributed by atoms with Crippen molar-refractivity contribution < 1.29 is 18.8 Å². The summed E-state index contributed by atoms with van der Waals surface area (Å²) >= 11 is 1.46. The van der Waals surface area contributed by atoms with Crippen molar-refractivity contribution >= 4 is 34.1 Å². The maximum absolute atomic E-state index is 12.9. The molecule has 1 aliphatic heterocycles. The molecule has 0 aromatic carbocycles. The highest BCUT2D eigenvalue weighted by molar-refractivity contribution is 7.17. The first kappa shape index (κ1) is 18.7. The highest BCUT2D eigenvalue weighted by Gasteiger charge is 2.32. The maximum atomic E-state index is 12.9. The van der Waals surface area contributed by atoms with Crippen LogP contribution < -0.4 is 11.1 Å². The molecule has 1 aliphatic carbocycles. The number of nitrogens with one attached hydrogen (secondary N) is 1. The van der Waals surface area contributed by atoms with E-state index in [1.54, 1.807) is 17.0 Å². The molecule has 7 nitrogen and oxygen atoms in total. The van der Waals surface area contributed by atoms with Crippen molar-refractivity contribution in [3.05, 3.63) is 40.2 Å². The zero-order valence-corrected chi connectivity index (χ0v) is 16.3. The number of fused-ring (bicyclic) bond motifs is 1. The zero-order chi connectivity index (χ0) is 19.7. The molecule has 28 heavy (non-hydrogen) atoms. The largest absolute Gasteiger partial charge is 0.459 e. The monoisotopic (exact) mass is 401 g/mol. The molecule has 0 unspecified atom stereocenters. The van der Waals surface area contributed by atoms with Crippen molar-refractivity contribution in [1.29, 1.82) is 0 Å². The fraction of sp³-hybridized carbons (Fsp3) is 0.450. The van der Waals surface area contributed by atoms with E-state index < -0.39 is 5.91 Å². The lowest BCUT2D eigenvalue weighted by Crippen LogP contribution is -2.43. The first-order valence-corrected chi connectivity index (χ1v) is 10.4. The third kappa shape index (κ3) is 3.56. The van der Waals surface area contributed by atoms with E-state index in [0.717, 1.165) is 42.5 Å². The number of likely N-dealkylation sites (tertiary alicyclic amines) is 1. The van der Waals surface area contributed by atoms with E-state index in [4.69, 9.17) is 10.2 Å². The molecule has 3 heterocycles. The Bertz CT molecular complexity index is 903. The molecule has 3 N–H and O–H groups in total. The molecule has 0 spiro atoms. The number of rotatable bonds is 4. The first-order chi connectivity index (χ1) is 13.5. The quantitative estimate of drug-likeness (QED) is 0.822. The number of furan rings is 1. The summed E-state index contributed by atoms with van der Waals surface area (Å²) in [5.41, 5.74) is 7.07. The Labute approximate surface area is 166 Å². The van der Waals surface area contributed by atoms with Crippen molar-refractivity contribution in [3.63, 3.8) is 0 Å². The average Bonchev–Trinajstić information content (AvgIpc) is 3.35. The highest BCUT2D eigenvalue weighted by atomic mass is 32.1. The van der Waals surface area contributed by atoms with E-state index in [1.165, 1.54) is 17.6 Å². The summed E-state index contributed by atoms with van der Waals surface area (Å²) in [5.74, 6) is -0.909. The van der Waals surface area contributed by atoms with Crippen LogP contribution in [0, 0.1) is 5.92 Å². The SMILES string of the molecule is NC(=O)c1c(NC(=O)[C@@H]2CCCN(C(=O)c3ccco3)C2)sc2c1CCCC2. The molecule has 1 fully saturated rings. The van der Waals surface area contributed by atoms with E-state index in [9.17, 15) is 14.4 Å². The van der Waals surface area contributed by atoms with Crippen LogP contribution in [0.25, 0.3) is 0 Å². The van der Waals surface area contributed by atoms with Crippen molar-refractivity contribution in [1.82, 2.24) is 4.90 Å². The normalized spacial score (nSPS) is 19.1. The van der Waals surface area contributed by atoms with Gasteiger partial charge in [-0.05, 0) is 56.2 Å². The van der Waals surface area contributed by atoms with Crippen LogP contribution in [-0.4, -0.2) is 35.7 Å². The number of nitrogens with zero attached hydrogens (tertiary/aromatic N) is 1. The number of carbonyl (C=O) groups excluding carboxylic acids is 3. The fourth-order valence-electron chi connectivity index (χ4n) is 4.06. The molecule has 4 rings (SSSR count). The van der Waals surface area contributed by atoms with Crippen LogP contribution in [0.15, 0.2) is 22.8 Å². The van der Waals surface area contributed by atoms with E-state index >= 15 is 0 Å². The Morgan fingerprint density at radius 1 is 1.21 bits per heavy atom. The number of hydrogen-bond acceptors (Lipinski definition) is 5. The van der Waals surface area contributed by atoms with Crippen LogP contribution in [-0.2, 0) is 17.6 Å². The number of carbonyl (C=O) groups is 3. The van der Waals surface area contributed by atoms with Gasteiger partial charge < -0.3 is 20.4 Å². The second kappa shape index (κ2) is 7.79. The predicted octanol–water partition coefficient (Wildman–Crippen LogP) is 2.81. The van der Waals surface area contributed by atoms with Gasteiger partial charge in [-0.2, -0.15) is 0 Å². The molecular formula is C20H23N3O4S. The summed E-state index contributed by atoms with van der Waals surface area (Å²) in [7, 11) is 0. The molecule has 3 amide bonds. The minimum Gasteiger partial charge on any atom is -0.459 e. The van der Waals surface area contributed by atoms with Crippen LogP contribution in [0.2, 0.25) is 0 Å². The molecule has 0 saturated carbocycles. The minimum absolute atomic E-state index is 0.168. The lowest BCUT2D eigenvalue weighted by atomic mass is 9.95. The molecule has 0 bridgehead atoms. The average molecular weight is 401 g/mol. The van der Waals surface area contributed by atoms with Gasteiger partial charge in [0.05, 0.1) is 17.7 Å². The third-order valence-electron chi connectivity index (χ3n) is 5.47. The highest BCUT2D eigenvalue weighted by Crippen LogP contribution is 2.38. The van der Waals surface area contributed by atoms with Gasteiger partial charge in [-0.15, -0.1) is 11.3 Å². The van der Waals surface area contributed by atoms with Crippen LogP contribution in [0.3, 0.4) is 0 Å². The molecular weight excluding hydrogens is 378 g/mol.